The molecule has 0 radical (unpaired) electrons. The van der Waals surface area contributed by atoms with E-state index in [1.54, 1.807) is 16.7 Å². The van der Waals surface area contributed by atoms with Crippen LogP contribution in [0, 0.1) is 0 Å². The predicted molar refractivity (Wildman–Crippen MR) is 106 cm³/mol. The first-order valence-electron chi connectivity index (χ1n) is 9.57. The van der Waals surface area contributed by atoms with Crippen molar-refractivity contribution in [2.24, 2.45) is 0 Å². The number of halogens is 3. The summed E-state index contributed by atoms with van der Waals surface area (Å²) >= 11 is 0. The first kappa shape index (κ1) is 24.4. The zero-order valence-electron chi connectivity index (χ0n) is 17.2. The largest absolute Gasteiger partial charge is 0.481 e. The van der Waals surface area contributed by atoms with Crippen LogP contribution in [0.5, 0.6) is 0 Å². The maximum absolute atomic E-state index is 13.3. The van der Waals surface area contributed by atoms with Crippen LogP contribution < -0.4 is 4.72 Å². The van der Waals surface area contributed by atoms with E-state index in [1.165, 1.54) is 12.1 Å². The molecule has 0 bridgehead atoms. The van der Waals surface area contributed by atoms with E-state index in [9.17, 15) is 36.0 Å². The second-order valence-corrected chi connectivity index (χ2v) is 9.06. The molecule has 2 heterocycles. The molecule has 178 valence electrons. The fraction of sp³-hybridized carbons (Fsp3) is 0.368. The van der Waals surface area contributed by atoms with Crippen molar-refractivity contribution in [2.45, 2.75) is 36.4 Å². The average Bonchev–Trinajstić information content (AvgIpc) is 3.29. The number of hydrogen-bond donors (Lipinski definition) is 2. The van der Waals surface area contributed by atoms with E-state index >= 15 is 0 Å². The lowest BCUT2D eigenvalue weighted by Gasteiger charge is -2.19. The highest BCUT2D eigenvalue weighted by molar-refractivity contribution is 7.90. The zero-order chi connectivity index (χ0) is 24.6. The number of carbonyl (C=O) groups is 3. The molecule has 14 heteroatoms. The van der Waals surface area contributed by atoms with E-state index in [2.05, 4.69) is 5.10 Å². The number of aliphatic carboxylic acids is 1. The zero-order valence-corrected chi connectivity index (χ0v) is 18.0. The van der Waals surface area contributed by atoms with Gasteiger partial charge in [0.15, 0.2) is 11.5 Å². The van der Waals surface area contributed by atoms with Crippen molar-refractivity contribution in [1.29, 1.82) is 0 Å². The molecule has 3 rings (SSSR count). The van der Waals surface area contributed by atoms with Gasteiger partial charge in [0, 0.05) is 19.4 Å². The average molecular weight is 488 g/mol. The number of aromatic nitrogens is 2. The Hall–Kier alpha value is -3.26. The van der Waals surface area contributed by atoms with Crippen molar-refractivity contribution in [3.05, 3.63) is 41.7 Å². The molecule has 10 nitrogen and oxygen atoms in total. The number of likely N-dealkylation sites (N-methyl/N-ethyl adjacent to an activating group) is 1. The van der Waals surface area contributed by atoms with Crippen molar-refractivity contribution >= 4 is 27.7 Å². The quantitative estimate of drug-likeness (QED) is 0.598. The highest BCUT2D eigenvalue weighted by Gasteiger charge is 2.40. The molecule has 33 heavy (non-hydrogen) atoms. The van der Waals surface area contributed by atoms with Crippen molar-refractivity contribution < 1.29 is 41.1 Å². The first-order valence-corrected chi connectivity index (χ1v) is 11.1. The van der Waals surface area contributed by atoms with Gasteiger partial charge in [-0.1, -0.05) is 0 Å². The molecule has 1 atom stereocenters. The second kappa shape index (κ2) is 8.94. The van der Waals surface area contributed by atoms with Gasteiger partial charge in [0.2, 0.25) is 5.91 Å². The first-order chi connectivity index (χ1) is 15.3. The number of nitrogens with zero attached hydrogens (tertiary/aromatic N) is 3. The van der Waals surface area contributed by atoms with Crippen molar-refractivity contribution in [2.75, 3.05) is 13.6 Å². The van der Waals surface area contributed by atoms with Crippen LogP contribution >= 0.6 is 0 Å². The van der Waals surface area contributed by atoms with Crippen LogP contribution in [0.1, 0.15) is 36.7 Å². The van der Waals surface area contributed by atoms with Gasteiger partial charge in [0.05, 0.1) is 22.7 Å². The van der Waals surface area contributed by atoms with Gasteiger partial charge in [-0.15, -0.1) is 0 Å². The number of alkyl halides is 3. The molecule has 0 aliphatic carbocycles. The number of likely N-dealkylation sites (tertiary alicyclic amines) is 1. The molecule has 0 spiro atoms. The van der Waals surface area contributed by atoms with Gasteiger partial charge in [0.1, 0.15) is 6.04 Å². The van der Waals surface area contributed by atoms with Gasteiger partial charge >= 0.3 is 12.1 Å². The van der Waals surface area contributed by atoms with Crippen molar-refractivity contribution in [1.82, 2.24) is 19.4 Å². The molecular formula is C19H19F3N4O6S. The van der Waals surface area contributed by atoms with Crippen LogP contribution in [-0.2, 0) is 30.6 Å². The number of hydrogen-bond acceptors (Lipinski definition) is 7. The van der Waals surface area contributed by atoms with Crippen molar-refractivity contribution in [3.63, 3.8) is 0 Å². The SMILES string of the molecule is CN1CCC(=O)C1c1cc(C(F)(F)F)nn1-c1ccc(S(=O)(=O)NC(=O)CCC(=O)O)cc1. The minimum absolute atomic E-state index is 0.00935. The summed E-state index contributed by atoms with van der Waals surface area (Å²) in [6.07, 6.45) is -5.69. The van der Waals surface area contributed by atoms with Gasteiger partial charge in [-0.3, -0.25) is 19.3 Å². The number of benzene rings is 1. The highest BCUT2D eigenvalue weighted by Crippen LogP contribution is 2.35. The maximum Gasteiger partial charge on any atom is 0.435 e. The molecule has 1 aromatic heterocycles. The van der Waals surface area contributed by atoms with E-state index in [1.807, 2.05) is 0 Å². The Morgan fingerprint density at radius 3 is 2.36 bits per heavy atom. The molecule has 0 saturated carbocycles. The van der Waals surface area contributed by atoms with Crippen molar-refractivity contribution in [3.8, 4) is 5.69 Å². The predicted octanol–water partition coefficient (Wildman–Crippen LogP) is 1.51. The van der Waals surface area contributed by atoms with E-state index in [4.69, 9.17) is 5.11 Å². The number of carboxylic acids is 1. The number of sulfonamides is 1. The number of carbonyl (C=O) groups excluding carboxylic acids is 2. The molecule has 1 aliphatic rings. The monoisotopic (exact) mass is 488 g/mol. The standard InChI is InChI=1S/C19H19F3N4O6S/c1-25-9-8-14(27)18(25)13-10-15(19(20,21)22)23-26(13)11-2-4-12(5-3-11)33(31,32)24-16(28)6-7-17(29)30/h2-5,10,18H,6-9H2,1H3,(H,24,28)(H,29,30). The minimum Gasteiger partial charge on any atom is -0.481 e. The fourth-order valence-corrected chi connectivity index (χ4v) is 4.39. The molecule has 1 amide bonds. The lowest BCUT2D eigenvalue weighted by atomic mass is 10.1. The second-order valence-electron chi connectivity index (χ2n) is 7.38. The summed E-state index contributed by atoms with van der Waals surface area (Å²) in [5.41, 5.74) is -1.14. The van der Waals surface area contributed by atoms with Gasteiger partial charge in [-0.05, 0) is 37.4 Å². The van der Waals surface area contributed by atoms with Crippen LogP contribution in [0.15, 0.2) is 35.2 Å². The Balaban J connectivity index is 1.93. The Kier molecular flexibility index (Phi) is 6.61. The van der Waals surface area contributed by atoms with Gasteiger partial charge < -0.3 is 5.11 Å². The lowest BCUT2D eigenvalue weighted by Crippen LogP contribution is -2.30. The summed E-state index contributed by atoms with van der Waals surface area (Å²) in [6.45, 7) is 0.370. The Labute approximate surface area is 186 Å². The minimum atomic E-state index is -4.76. The topological polar surface area (TPSA) is 139 Å². The van der Waals surface area contributed by atoms with E-state index in [0.29, 0.717) is 6.54 Å². The molecule has 1 saturated heterocycles. The summed E-state index contributed by atoms with van der Waals surface area (Å²) < 4.78 is 67.2. The Morgan fingerprint density at radius 1 is 1.21 bits per heavy atom. The third kappa shape index (κ3) is 5.39. The van der Waals surface area contributed by atoms with Crippen LogP contribution in [-0.4, -0.2) is 59.5 Å². The number of amides is 1. The normalized spacial score (nSPS) is 17.3. The van der Waals surface area contributed by atoms with Gasteiger partial charge in [0.25, 0.3) is 10.0 Å². The number of carboxylic acid groups (broad SMARTS) is 1. The summed E-state index contributed by atoms with van der Waals surface area (Å²) in [5, 5.41) is 12.2. The van der Waals surface area contributed by atoms with Crippen LogP contribution in [0.3, 0.4) is 0 Å². The van der Waals surface area contributed by atoms with Gasteiger partial charge in [-0.25, -0.2) is 17.8 Å². The smallest absolute Gasteiger partial charge is 0.435 e. The Morgan fingerprint density at radius 2 is 1.85 bits per heavy atom. The molecular weight excluding hydrogens is 469 g/mol. The van der Waals surface area contributed by atoms with Crippen LogP contribution in [0.2, 0.25) is 0 Å². The van der Waals surface area contributed by atoms with E-state index < -0.39 is 52.7 Å². The fourth-order valence-electron chi connectivity index (χ4n) is 3.37. The molecule has 1 aromatic carbocycles. The summed E-state index contributed by atoms with van der Waals surface area (Å²) in [4.78, 5) is 35.7. The summed E-state index contributed by atoms with van der Waals surface area (Å²) in [7, 11) is -2.73. The summed E-state index contributed by atoms with van der Waals surface area (Å²) in [6, 6.07) is 4.34. The number of Topliss-reactive ketones (excluding diaryl/α,β-unsaturated/α-hetero) is 1. The van der Waals surface area contributed by atoms with E-state index in [-0.39, 0.29) is 28.5 Å². The molecule has 2 aromatic rings. The molecule has 1 unspecified atom stereocenters. The Bertz CT molecular complexity index is 1190. The third-order valence-corrected chi connectivity index (χ3v) is 6.36. The lowest BCUT2D eigenvalue weighted by molar-refractivity contribution is -0.141. The summed E-state index contributed by atoms with van der Waals surface area (Å²) in [5.74, 6) is -2.56. The van der Waals surface area contributed by atoms with E-state index in [0.717, 1.165) is 22.9 Å². The number of ketones is 1. The molecule has 1 fully saturated rings. The van der Waals surface area contributed by atoms with Crippen LogP contribution in [0.25, 0.3) is 5.69 Å². The van der Waals surface area contributed by atoms with Gasteiger partial charge in [-0.2, -0.15) is 18.3 Å². The number of nitrogens with one attached hydrogen (secondary N) is 1. The maximum atomic E-state index is 13.3. The number of rotatable bonds is 7. The molecule has 1 aliphatic heterocycles. The van der Waals surface area contributed by atoms with Crippen LogP contribution in [0.4, 0.5) is 13.2 Å². The third-order valence-electron chi connectivity index (χ3n) is 4.97. The highest BCUT2D eigenvalue weighted by atomic mass is 32.2. The molecule has 2 N–H and O–H groups in total.